The van der Waals surface area contributed by atoms with E-state index in [1.165, 1.54) is 6.08 Å². The van der Waals surface area contributed by atoms with Crippen molar-refractivity contribution in [3.05, 3.63) is 11.8 Å². The number of hydrogen-bond donors (Lipinski definition) is 2. The zero-order valence-electron chi connectivity index (χ0n) is 8.25. The van der Waals surface area contributed by atoms with Gasteiger partial charge in [-0.1, -0.05) is 18.9 Å². The SMILES string of the molecule is C/C=C(/NC(=O)C1CCCC1)C(=O)O. The van der Waals surface area contributed by atoms with Crippen molar-refractivity contribution in [2.75, 3.05) is 0 Å². The first kappa shape index (κ1) is 10.8. The Morgan fingerprint density at radius 1 is 1.36 bits per heavy atom. The molecule has 4 heteroatoms. The molecule has 0 aromatic rings. The third kappa shape index (κ3) is 2.58. The molecule has 0 aliphatic heterocycles. The van der Waals surface area contributed by atoms with Crippen LogP contribution in [0.25, 0.3) is 0 Å². The minimum atomic E-state index is -1.08. The lowest BCUT2D eigenvalue weighted by Gasteiger charge is -2.09. The number of carbonyl (C=O) groups excluding carboxylic acids is 1. The number of aliphatic carboxylic acids is 1. The lowest BCUT2D eigenvalue weighted by Crippen LogP contribution is -2.31. The molecule has 1 aliphatic carbocycles. The highest BCUT2D eigenvalue weighted by atomic mass is 16.4. The summed E-state index contributed by atoms with van der Waals surface area (Å²) in [5.74, 6) is -1.24. The quantitative estimate of drug-likeness (QED) is 0.670. The summed E-state index contributed by atoms with van der Waals surface area (Å²) in [5, 5.41) is 11.1. The van der Waals surface area contributed by atoms with Crippen molar-refractivity contribution in [2.45, 2.75) is 32.6 Å². The molecule has 0 aromatic carbocycles. The van der Waals surface area contributed by atoms with Crippen molar-refractivity contribution < 1.29 is 14.7 Å². The van der Waals surface area contributed by atoms with Gasteiger partial charge in [0.1, 0.15) is 5.70 Å². The van der Waals surface area contributed by atoms with Crippen LogP contribution >= 0.6 is 0 Å². The summed E-state index contributed by atoms with van der Waals surface area (Å²) in [6.45, 7) is 1.60. The molecule has 0 saturated heterocycles. The van der Waals surface area contributed by atoms with Gasteiger partial charge in [-0.3, -0.25) is 4.79 Å². The monoisotopic (exact) mass is 197 g/mol. The molecule has 4 nitrogen and oxygen atoms in total. The maximum Gasteiger partial charge on any atom is 0.352 e. The summed E-state index contributed by atoms with van der Waals surface area (Å²) in [6, 6.07) is 0. The fraction of sp³-hybridized carbons (Fsp3) is 0.600. The molecule has 1 amide bonds. The first-order chi connectivity index (χ1) is 6.65. The van der Waals surface area contributed by atoms with E-state index in [1.807, 2.05) is 0 Å². The van der Waals surface area contributed by atoms with E-state index in [2.05, 4.69) is 5.32 Å². The number of carboxylic acids is 1. The second kappa shape index (κ2) is 4.79. The summed E-state index contributed by atoms with van der Waals surface area (Å²) >= 11 is 0. The number of allylic oxidation sites excluding steroid dienone is 1. The van der Waals surface area contributed by atoms with Gasteiger partial charge in [0.2, 0.25) is 5.91 Å². The van der Waals surface area contributed by atoms with Crippen molar-refractivity contribution in [1.29, 1.82) is 0 Å². The summed E-state index contributed by atoms with van der Waals surface area (Å²) in [4.78, 5) is 22.1. The molecular formula is C10H15NO3. The van der Waals surface area contributed by atoms with E-state index in [-0.39, 0.29) is 17.5 Å². The van der Waals surface area contributed by atoms with Crippen LogP contribution in [0.1, 0.15) is 32.6 Å². The van der Waals surface area contributed by atoms with Gasteiger partial charge in [0.05, 0.1) is 0 Å². The maximum absolute atomic E-state index is 11.5. The van der Waals surface area contributed by atoms with Gasteiger partial charge in [0, 0.05) is 5.92 Å². The van der Waals surface area contributed by atoms with Crippen LogP contribution in [-0.2, 0) is 9.59 Å². The van der Waals surface area contributed by atoms with E-state index in [0.717, 1.165) is 25.7 Å². The molecule has 1 fully saturated rings. The number of nitrogens with one attached hydrogen (secondary N) is 1. The van der Waals surface area contributed by atoms with Crippen molar-refractivity contribution in [1.82, 2.24) is 5.32 Å². The standard InChI is InChI=1S/C10H15NO3/c1-2-8(10(13)14)11-9(12)7-5-3-4-6-7/h2,7H,3-6H2,1H3,(H,11,12)(H,13,14)/b8-2+. The Hall–Kier alpha value is -1.32. The Kier molecular flexibility index (Phi) is 3.68. The van der Waals surface area contributed by atoms with Crippen molar-refractivity contribution in [3.63, 3.8) is 0 Å². The number of rotatable bonds is 3. The Labute approximate surface area is 83.0 Å². The van der Waals surface area contributed by atoms with Crippen LogP contribution in [0, 0.1) is 5.92 Å². The molecule has 78 valence electrons. The molecular weight excluding hydrogens is 182 g/mol. The molecule has 0 radical (unpaired) electrons. The Bertz CT molecular complexity index is 265. The third-order valence-electron chi connectivity index (χ3n) is 2.50. The zero-order valence-corrected chi connectivity index (χ0v) is 8.25. The molecule has 0 heterocycles. The summed E-state index contributed by atoms with van der Waals surface area (Å²) in [5.41, 5.74) is -0.0260. The predicted molar refractivity (Wildman–Crippen MR) is 51.5 cm³/mol. The van der Waals surface area contributed by atoms with E-state index < -0.39 is 5.97 Å². The topological polar surface area (TPSA) is 66.4 Å². The molecule has 0 unspecified atom stereocenters. The third-order valence-corrected chi connectivity index (χ3v) is 2.50. The minimum Gasteiger partial charge on any atom is -0.477 e. The molecule has 1 saturated carbocycles. The van der Waals surface area contributed by atoms with Gasteiger partial charge >= 0.3 is 5.97 Å². The predicted octanol–water partition coefficient (Wildman–Crippen LogP) is 1.28. The molecule has 14 heavy (non-hydrogen) atoms. The highest BCUT2D eigenvalue weighted by Gasteiger charge is 2.24. The highest BCUT2D eigenvalue weighted by Crippen LogP contribution is 2.24. The fourth-order valence-corrected chi connectivity index (χ4v) is 1.67. The number of carbonyl (C=O) groups is 2. The van der Waals surface area contributed by atoms with Crippen LogP contribution in [0.4, 0.5) is 0 Å². The zero-order chi connectivity index (χ0) is 10.6. The van der Waals surface area contributed by atoms with Gasteiger partial charge in [-0.15, -0.1) is 0 Å². The second-order valence-electron chi connectivity index (χ2n) is 3.48. The molecule has 0 aromatic heterocycles. The van der Waals surface area contributed by atoms with Gasteiger partial charge in [0.25, 0.3) is 0 Å². The second-order valence-corrected chi connectivity index (χ2v) is 3.48. The maximum atomic E-state index is 11.5. The molecule has 0 atom stereocenters. The Balaban J connectivity index is 2.50. The van der Waals surface area contributed by atoms with Gasteiger partial charge < -0.3 is 10.4 Å². The van der Waals surface area contributed by atoms with Gasteiger partial charge in [-0.25, -0.2) is 4.79 Å². The van der Waals surface area contributed by atoms with E-state index in [1.54, 1.807) is 6.92 Å². The first-order valence-corrected chi connectivity index (χ1v) is 4.85. The van der Waals surface area contributed by atoms with Crippen LogP contribution < -0.4 is 5.32 Å². The van der Waals surface area contributed by atoms with E-state index >= 15 is 0 Å². The smallest absolute Gasteiger partial charge is 0.352 e. The van der Waals surface area contributed by atoms with Gasteiger partial charge in [0.15, 0.2) is 0 Å². The molecule has 2 N–H and O–H groups in total. The average molecular weight is 197 g/mol. The number of carboxylic acid groups (broad SMARTS) is 1. The summed E-state index contributed by atoms with van der Waals surface area (Å²) in [6.07, 6.45) is 5.28. The minimum absolute atomic E-state index is 0.00398. The summed E-state index contributed by atoms with van der Waals surface area (Å²) < 4.78 is 0. The van der Waals surface area contributed by atoms with E-state index in [0.29, 0.717) is 0 Å². The van der Waals surface area contributed by atoms with Crippen molar-refractivity contribution in [2.24, 2.45) is 5.92 Å². The van der Waals surface area contributed by atoms with Gasteiger partial charge in [-0.05, 0) is 19.8 Å². The molecule has 1 rings (SSSR count). The van der Waals surface area contributed by atoms with Crippen molar-refractivity contribution in [3.8, 4) is 0 Å². The van der Waals surface area contributed by atoms with Gasteiger partial charge in [-0.2, -0.15) is 0 Å². The largest absolute Gasteiger partial charge is 0.477 e. The fourth-order valence-electron chi connectivity index (χ4n) is 1.67. The number of amides is 1. The van der Waals surface area contributed by atoms with Crippen LogP contribution in [0.15, 0.2) is 11.8 Å². The van der Waals surface area contributed by atoms with Crippen LogP contribution in [0.2, 0.25) is 0 Å². The normalized spacial score (nSPS) is 18.2. The van der Waals surface area contributed by atoms with Crippen LogP contribution in [-0.4, -0.2) is 17.0 Å². The molecule has 0 bridgehead atoms. The lowest BCUT2D eigenvalue weighted by molar-refractivity contribution is -0.135. The first-order valence-electron chi connectivity index (χ1n) is 4.85. The number of hydrogen-bond acceptors (Lipinski definition) is 2. The molecule has 0 spiro atoms. The van der Waals surface area contributed by atoms with Crippen LogP contribution in [0.5, 0.6) is 0 Å². The average Bonchev–Trinajstić information content (AvgIpc) is 2.65. The van der Waals surface area contributed by atoms with E-state index in [4.69, 9.17) is 5.11 Å². The highest BCUT2D eigenvalue weighted by molar-refractivity contribution is 5.93. The van der Waals surface area contributed by atoms with E-state index in [9.17, 15) is 9.59 Å². The lowest BCUT2D eigenvalue weighted by atomic mass is 10.1. The molecule has 1 aliphatic rings. The Morgan fingerprint density at radius 3 is 2.36 bits per heavy atom. The summed E-state index contributed by atoms with van der Waals surface area (Å²) in [7, 11) is 0. The Morgan fingerprint density at radius 2 is 1.93 bits per heavy atom. The van der Waals surface area contributed by atoms with Crippen LogP contribution in [0.3, 0.4) is 0 Å². The van der Waals surface area contributed by atoms with Crippen molar-refractivity contribution >= 4 is 11.9 Å².